The molecule has 0 atom stereocenters. The van der Waals surface area contributed by atoms with E-state index in [-0.39, 0.29) is 78.5 Å². The van der Waals surface area contributed by atoms with Gasteiger partial charge < -0.3 is 43.8 Å². The van der Waals surface area contributed by atoms with Crippen LogP contribution in [0.3, 0.4) is 0 Å². The molecule has 0 radical (unpaired) electrons. The number of hydrogen-bond acceptors (Lipinski definition) is 6. The van der Waals surface area contributed by atoms with Crippen LogP contribution in [0.5, 0.6) is 0 Å². The molecule has 0 saturated carbocycles. The third-order valence-corrected chi connectivity index (χ3v) is 0. The van der Waals surface area contributed by atoms with Crippen LogP contribution in [-0.4, -0.2) is 75.4 Å². The summed E-state index contributed by atoms with van der Waals surface area (Å²) in [6, 6.07) is 0. The molecule has 0 rings (SSSR count). The molecule has 0 amide bonds. The monoisotopic (exact) mass is 350 g/mol. The van der Waals surface area contributed by atoms with Crippen molar-refractivity contribution in [3.8, 4) is 0 Å². The van der Waals surface area contributed by atoms with Crippen LogP contribution in [0.4, 0.5) is 0 Å². The Morgan fingerprint density at radius 1 is 0.250 bits per heavy atom. The van der Waals surface area contributed by atoms with Gasteiger partial charge in [-0.05, 0) is 0 Å². The van der Waals surface area contributed by atoms with Gasteiger partial charge >= 0.3 is 0 Å². The maximum Gasteiger partial charge on any atom is 0 e. The van der Waals surface area contributed by atoms with Crippen LogP contribution < -0.4 is 0 Å². The first-order valence-corrected chi connectivity index (χ1v) is 0.600. The molecule has 0 unspecified atom stereocenters. The molecular formula is H22Cr2O14. The zero-order chi connectivity index (χ0) is 6.00. The Balaban J connectivity index is -0.000000000584. The molecule has 0 heterocycles. The Kier molecular flexibility index (Phi) is 258000. The molecule has 118 valence electrons. The van der Waals surface area contributed by atoms with Crippen LogP contribution in [0, 0.1) is 0 Å². The molecule has 0 aromatic heterocycles. The summed E-state index contributed by atoms with van der Waals surface area (Å²) in [7, 11) is 0. The van der Waals surface area contributed by atoms with Crippen molar-refractivity contribution in [3.63, 3.8) is 0 Å². The van der Waals surface area contributed by atoms with Crippen LogP contribution >= 0.6 is 0 Å². The Morgan fingerprint density at radius 3 is 0.250 bits per heavy atom. The fourth-order valence-corrected chi connectivity index (χ4v) is 0. The van der Waals surface area contributed by atoms with Gasteiger partial charge in [-0.1, -0.05) is 0 Å². The standard InChI is InChI=1S/2Cr.3H2O2.8H2O/c;;3*1-2;;;;;;;;/h;;3*1-2H;8*1H2. The quantitative estimate of drug-likeness (QED) is 0.182. The van der Waals surface area contributed by atoms with Crippen molar-refractivity contribution in [1.29, 1.82) is 0 Å². The van der Waals surface area contributed by atoms with E-state index in [1.807, 2.05) is 0 Å². The van der Waals surface area contributed by atoms with Crippen molar-refractivity contribution in [2.24, 2.45) is 0 Å². The van der Waals surface area contributed by atoms with Crippen LogP contribution in [0.25, 0.3) is 0 Å². The Morgan fingerprint density at radius 2 is 0.250 bits per heavy atom. The second-order valence-electron chi connectivity index (χ2n) is 0. The molecule has 0 aliphatic carbocycles. The van der Waals surface area contributed by atoms with Gasteiger partial charge in [-0.3, -0.25) is 31.5 Å². The average molecular weight is 350 g/mol. The fourth-order valence-electron chi connectivity index (χ4n) is 0. The van der Waals surface area contributed by atoms with E-state index in [4.69, 9.17) is 31.5 Å². The molecular weight excluding hydrogens is 328 g/mol. The minimum Gasteiger partial charge on any atom is -0.412 e. The second-order valence-corrected chi connectivity index (χ2v) is 0. The van der Waals surface area contributed by atoms with E-state index in [0.29, 0.717) is 0 Å². The normalized spacial score (nSPS) is 1.12. The van der Waals surface area contributed by atoms with Gasteiger partial charge in [-0.2, -0.15) is 0 Å². The predicted octanol–water partition coefficient (Wildman–Crippen LogP) is -6.55. The molecule has 0 fully saturated rings. The van der Waals surface area contributed by atoms with Crippen LogP contribution in [0.2, 0.25) is 0 Å². The van der Waals surface area contributed by atoms with E-state index in [1.165, 1.54) is 0 Å². The van der Waals surface area contributed by atoms with Gasteiger partial charge in [0.2, 0.25) is 0 Å². The van der Waals surface area contributed by atoms with Crippen molar-refractivity contribution in [1.82, 2.24) is 0 Å². The largest absolute Gasteiger partial charge is 0.412 e. The Labute approximate surface area is 111 Å². The molecule has 0 saturated heterocycles. The van der Waals surface area contributed by atoms with E-state index in [9.17, 15) is 0 Å². The number of rotatable bonds is 0. The van der Waals surface area contributed by atoms with Gasteiger partial charge in [-0.25, -0.2) is 0 Å². The molecule has 0 aliphatic rings. The van der Waals surface area contributed by atoms with Crippen LogP contribution in [0.1, 0.15) is 0 Å². The smallest absolute Gasteiger partial charge is 0 e. The van der Waals surface area contributed by atoms with Crippen molar-refractivity contribution < 1.29 is 110 Å². The van der Waals surface area contributed by atoms with Crippen molar-refractivity contribution in [3.05, 3.63) is 0 Å². The first-order valence-electron chi connectivity index (χ1n) is 0.600. The zero-order valence-electron chi connectivity index (χ0n) is 7.50. The Bertz CT molecular complexity index is 8.70. The minimum atomic E-state index is 0. The van der Waals surface area contributed by atoms with Gasteiger partial charge in [0.25, 0.3) is 0 Å². The fraction of sp³-hybridized carbons (Fsp3) is 0. The van der Waals surface area contributed by atoms with E-state index in [1.54, 1.807) is 0 Å². The number of hydrogen-bond donors (Lipinski definition) is 6. The summed E-state index contributed by atoms with van der Waals surface area (Å²) in [5, 5.41) is 36.0. The van der Waals surface area contributed by atoms with Crippen molar-refractivity contribution in [2.75, 3.05) is 0 Å². The van der Waals surface area contributed by atoms with Gasteiger partial charge in [0, 0.05) is 34.7 Å². The first-order chi connectivity index (χ1) is 3.00. The molecule has 16 heteroatoms. The van der Waals surface area contributed by atoms with Crippen molar-refractivity contribution in [2.45, 2.75) is 0 Å². The summed E-state index contributed by atoms with van der Waals surface area (Å²) in [6.07, 6.45) is 0. The van der Waals surface area contributed by atoms with E-state index in [2.05, 4.69) is 0 Å². The van der Waals surface area contributed by atoms with E-state index >= 15 is 0 Å². The zero-order valence-corrected chi connectivity index (χ0v) is 10.0. The summed E-state index contributed by atoms with van der Waals surface area (Å²) in [4.78, 5) is 0. The van der Waals surface area contributed by atoms with Crippen LogP contribution in [0.15, 0.2) is 0 Å². The molecule has 0 aliphatic heterocycles. The topological polar surface area (TPSA) is 373 Å². The Hall–Kier alpha value is 0.505. The van der Waals surface area contributed by atoms with Gasteiger partial charge in [0.15, 0.2) is 0 Å². The van der Waals surface area contributed by atoms with Gasteiger partial charge in [0.1, 0.15) is 0 Å². The molecule has 0 aromatic carbocycles. The molecule has 14 nitrogen and oxygen atoms in total. The molecule has 0 spiro atoms. The average Bonchev–Trinajstić information content (AvgIpc) is 1.81. The van der Waals surface area contributed by atoms with Gasteiger partial charge in [0.05, 0.1) is 0 Å². The SMILES string of the molecule is O.O.O.O.O.O.O.O.OO.OO.OO.[Cr].[Cr]. The summed E-state index contributed by atoms with van der Waals surface area (Å²) in [5.41, 5.74) is 0. The second kappa shape index (κ2) is 12800. The third kappa shape index (κ3) is 10400. The van der Waals surface area contributed by atoms with Crippen molar-refractivity contribution >= 4 is 0 Å². The molecule has 0 aromatic rings. The summed E-state index contributed by atoms with van der Waals surface area (Å²) in [5.74, 6) is 0. The molecule has 0 bridgehead atoms. The predicted molar refractivity (Wildman–Crippen MR) is 44.7 cm³/mol. The molecule has 16 heavy (non-hydrogen) atoms. The maximum absolute atomic E-state index is 6.00. The third-order valence-electron chi connectivity index (χ3n) is 0. The van der Waals surface area contributed by atoms with Gasteiger partial charge in [-0.15, -0.1) is 0 Å². The summed E-state index contributed by atoms with van der Waals surface area (Å²) < 4.78 is 0. The van der Waals surface area contributed by atoms with Crippen LogP contribution in [-0.2, 0) is 34.7 Å². The minimum absolute atomic E-state index is 0. The first kappa shape index (κ1) is 323. The van der Waals surface area contributed by atoms with E-state index in [0.717, 1.165) is 0 Å². The molecule has 22 N–H and O–H groups in total. The summed E-state index contributed by atoms with van der Waals surface area (Å²) in [6.45, 7) is 0. The maximum atomic E-state index is 6.00. The van der Waals surface area contributed by atoms with E-state index < -0.39 is 0 Å². The summed E-state index contributed by atoms with van der Waals surface area (Å²) >= 11 is 0.